The van der Waals surface area contributed by atoms with Crippen molar-refractivity contribution in [1.29, 1.82) is 0 Å². The Bertz CT molecular complexity index is 309. The third kappa shape index (κ3) is 2.21. The highest BCUT2D eigenvalue weighted by atomic mass is 16.6. The van der Waals surface area contributed by atoms with E-state index in [4.69, 9.17) is 15.7 Å². The first kappa shape index (κ1) is 10.5. The molecule has 1 aromatic carbocycles. The summed E-state index contributed by atoms with van der Waals surface area (Å²) in [6.07, 6.45) is -1.14. The molecule has 0 heterocycles. The topological polar surface area (TPSA) is 81.8 Å². The molecule has 0 aliphatic carbocycles. The fraction of sp³-hybridized carbons (Fsp3) is 0.222. The van der Waals surface area contributed by atoms with Crippen molar-refractivity contribution < 1.29 is 19.5 Å². The molecular formula is C9H11NO4. The van der Waals surface area contributed by atoms with Crippen molar-refractivity contribution in [2.24, 2.45) is 5.90 Å². The van der Waals surface area contributed by atoms with Crippen LogP contribution in [0.2, 0.25) is 0 Å². The van der Waals surface area contributed by atoms with Crippen LogP contribution in [0.5, 0.6) is 5.75 Å². The van der Waals surface area contributed by atoms with E-state index in [1.54, 1.807) is 24.3 Å². The van der Waals surface area contributed by atoms with E-state index in [0.29, 0.717) is 11.3 Å². The van der Waals surface area contributed by atoms with E-state index < -0.39 is 12.1 Å². The lowest BCUT2D eigenvalue weighted by atomic mass is 10.1. The van der Waals surface area contributed by atoms with Crippen LogP contribution in [0.25, 0.3) is 0 Å². The minimum Gasteiger partial charge on any atom is -0.497 e. The maximum absolute atomic E-state index is 10.6. The van der Waals surface area contributed by atoms with Crippen molar-refractivity contribution >= 4 is 5.97 Å². The van der Waals surface area contributed by atoms with Crippen LogP contribution >= 0.6 is 0 Å². The first-order chi connectivity index (χ1) is 6.69. The van der Waals surface area contributed by atoms with Crippen LogP contribution in [0.15, 0.2) is 24.3 Å². The van der Waals surface area contributed by atoms with Crippen molar-refractivity contribution in [1.82, 2.24) is 0 Å². The summed E-state index contributed by atoms with van der Waals surface area (Å²) in [5.74, 6) is 4.39. The van der Waals surface area contributed by atoms with Gasteiger partial charge in [-0.05, 0) is 17.7 Å². The van der Waals surface area contributed by atoms with Crippen LogP contribution in [-0.2, 0) is 9.63 Å². The molecule has 0 spiro atoms. The lowest BCUT2D eigenvalue weighted by Crippen LogP contribution is -2.18. The summed E-state index contributed by atoms with van der Waals surface area (Å²) < 4.78 is 4.92. The summed E-state index contributed by atoms with van der Waals surface area (Å²) in [6.45, 7) is 0. The molecule has 0 amide bonds. The molecule has 0 aliphatic rings. The number of carbonyl (C=O) groups is 1. The quantitative estimate of drug-likeness (QED) is 0.695. The van der Waals surface area contributed by atoms with Gasteiger partial charge in [-0.3, -0.25) is 4.84 Å². The third-order valence-corrected chi connectivity index (χ3v) is 1.78. The van der Waals surface area contributed by atoms with Gasteiger partial charge < -0.3 is 9.84 Å². The number of aliphatic carboxylic acids is 1. The number of carboxylic acids is 1. The summed E-state index contributed by atoms with van der Waals surface area (Å²) in [5.41, 5.74) is 0.473. The lowest BCUT2D eigenvalue weighted by molar-refractivity contribution is -0.151. The van der Waals surface area contributed by atoms with E-state index in [1.165, 1.54) is 7.11 Å². The normalized spacial score (nSPS) is 12.1. The molecule has 0 bridgehead atoms. The fourth-order valence-corrected chi connectivity index (χ4v) is 1.06. The lowest BCUT2D eigenvalue weighted by Gasteiger charge is -2.09. The van der Waals surface area contributed by atoms with Crippen molar-refractivity contribution in [3.05, 3.63) is 29.8 Å². The first-order valence-corrected chi connectivity index (χ1v) is 3.91. The van der Waals surface area contributed by atoms with Gasteiger partial charge >= 0.3 is 5.97 Å². The Labute approximate surface area is 81.0 Å². The summed E-state index contributed by atoms with van der Waals surface area (Å²) >= 11 is 0. The summed E-state index contributed by atoms with van der Waals surface area (Å²) in [6, 6.07) is 6.46. The molecule has 5 nitrogen and oxygen atoms in total. The maximum atomic E-state index is 10.6. The average Bonchev–Trinajstić information content (AvgIpc) is 2.19. The standard InChI is InChI=1S/C9H11NO4/c1-13-7-4-2-6(3-5-7)8(14-10)9(11)12/h2-5,8H,10H2,1H3,(H,11,12). The van der Waals surface area contributed by atoms with Crippen LogP contribution in [0, 0.1) is 0 Å². The number of ether oxygens (including phenoxy) is 1. The number of rotatable bonds is 4. The molecule has 1 aromatic rings. The minimum absolute atomic E-state index is 0.473. The zero-order valence-corrected chi connectivity index (χ0v) is 7.64. The van der Waals surface area contributed by atoms with Crippen molar-refractivity contribution in [3.63, 3.8) is 0 Å². The summed E-state index contributed by atoms with van der Waals surface area (Å²) in [5, 5.41) is 8.72. The molecule has 0 saturated carbocycles. The smallest absolute Gasteiger partial charge is 0.339 e. The van der Waals surface area contributed by atoms with Gasteiger partial charge in [0.2, 0.25) is 6.10 Å². The molecule has 76 valence electrons. The minimum atomic E-state index is -1.14. The van der Waals surface area contributed by atoms with Crippen molar-refractivity contribution in [2.45, 2.75) is 6.10 Å². The SMILES string of the molecule is COc1ccc(C(ON)C(=O)O)cc1. The second-order valence-electron chi connectivity index (χ2n) is 2.63. The zero-order valence-electron chi connectivity index (χ0n) is 7.64. The number of carboxylic acid groups (broad SMARTS) is 1. The van der Waals surface area contributed by atoms with E-state index in [0.717, 1.165) is 0 Å². The van der Waals surface area contributed by atoms with Crippen LogP contribution < -0.4 is 10.6 Å². The Morgan fingerprint density at radius 1 is 1.43 bits per heavy atom. The van der Waals surface area contributed by atoms with Gasteiger partial charge in [0.25, 0.3) is 0 Å². The van der Waals surface area contributed by atoms with Gasteiger partial charge in [0.15, 0.2) is 0 Å². The van der Waals surface area contributed by atoms with Gasteiger partial charge in [-0.1, -0.05) is 12.1 Å². The highest BCUT2D eigenvalue weighted by Gasteiger charge is 2.19. The van der Waals surface area contributed by atoms with Crippen molar-refractivity contribution in [2.75, 3.05) is 7.11 Å². The molecular weight excluding hydrogens is 186 g/mol. The van der Waals surface area contributed by atoms with E-state index >= 15 is 0 Å². The van der Waals surface area contributed by atoms with Gasteiger partial charge in [-0.2, -0.15) is 0 Å². The number of hydrogen-bond donors (Lipinski definition) is 2. The van der Waals surface area contributed by atoms with E-state index in [2.05, 4.69) is 4.84 Å². The van der Waals surface area contributed by atoms with Crippen molar-refractivity contribution in [3.8, 4) is 5.75 Å². The van der Waals surface area contributed by atoms with Gasteiger partial charge in [0.05, 0.1) is 7.11 Å². The molecule has 1 unspecified atom stereocenters. The molecule has 5 heteroatoms. The molecule has 0 radical (unpaired) electrons. The van der Waals surface area contributed by atoms with Gasteiger partial charge in [0, 0.05) is 0 Å². The van der Waals surface area contributed by atoms with Gasteiger partial charge in [-0.15, -0.1) is 0 Å². The predicted molar refractivity (Wildman–Crippen MR) is 48.6 cm³/mol. The van der Waals surface area contributed by atoms with Gasteiger partial charge in [0.1, 0.15) is 5.75 Å². The number of nitrogens with two attached hydrogens (primary N) is 1. The van der Waals surface area contributed by atoms with Crippen LogP contribution in [-0.4, -0.2) is 18.2 Å². The van der Waals surface area contributed by atoms with E-state index in [9.17, 15) is 4.79 Å². The second kappa shape index (κ2) is 4.59. The van der Waals surface area contributed by atoms with Crippen LogP contribution in [0.4, 0.5) is 0 Å². The highest BCUT2D eigenvalue weighted by Crippen LogP contribution is 2.19. The Morgan fingerprint density at radius 2 is 2.00 bits per heavy atom. The molecule has 0 aromatic heterocycles. The Hall–Kier alpha value is -1.59. The van der Waals surface area contributed by atoms with E-state index in [-0.39, 0.29) is 0 Å². The van der Waals surface area contributed by atoms with Gasteiger partial charge in [-0.25, -0.2) is 10.7 Å². The number of methoxy groups -OCH3 is 1. The third-order valence-electron chi connectivity index (χ3n) is 1.78. The first-order valence-electron chi connectivity index (χ1n) is 3.91. The summed E-state index contributed by atoms with van der Waals surface area (Å²) in [4.78, 5) is 15.0. The monoisotopic (exact) mass is 197 g/mol. The Balaban J connectivity index is 2.89. The fourth-order valence-electron chi connectivity index (χ4n) is 1.06. The maximum Gasteiger partial charge on any atom is 0.339 e. The van der Waals surface area contributed by atoms with E-state index in [1.807, 2.05) is 0 Å². The average molecular weight is 197 g/mol. The molecule has 3 N–H and O–H groups in total. The number of benzene rings is 1. The Kier molecular flexibility index (Phi) is 3.44. The Morgan fingerprint density at radius 3 is 2.36 bits per heavy atom. The molecule has 0 aliphatic heterocycles. The van der Waals surface area contributed by atoms with Crippen LogP contribution in [0.3, 0.4) is 0 Å². The van der Waals surface area contributed by atoms with Crippen LogP contribution in [0.1, 0.15) is 11.7 Å². The summed E-state index contributed by atoms with van der Waals surface area (Å²) in [7, 11) is 1.53. The number of hydrogen-bond acceptors (Lipinski definition) is 4. The molecule has 0 fully saturated rings. The second-order valence-corrected chi connectivity index (χ2v) is 2.63. The zero-order chi connectivity index (χ0) is 10.6. The predicted octanol–water partition coefficient (Wildman–Crippen LogP) is 0.711. The molecule has 1 rings (SSSR count). The molecule has 0 saturated heterocycles. The highest BCUT2D eigenvalue weighted by molar-refractivity contribution is 5.74. The largest absolute Gasteiger partial charge is 0.497 e. The molecule has 1 atom stereocenters. The molecule has 14 heavy (non-hydrogen) atoms.